The number of hydrogen-bond acceptors (Lipinski definition) is 0. The Morgan fingerprint density at radius 1 is 0.667 bits per heavy atom. The van der Waals surface area contributed by atoms with Gasteiger partial charge >= 0.3 is 0 Å². The van der Waals surface area contributed by atoms with E-state index in [9.17, 15) is 0 Å². The molecule has 0 aliphatic rings. The zero-order chi connectivity index (χ0) is 6.24. The van der Waals surface area contributed by atoms with E-state index < -0.39 is 0 Å². The summed E-state index contributed by atoms with van der Waals surface area (Å²) in [4.78, 5) is 0. The van der Waals surface area contributed by atoms with Crippen molar-refractivity contribution in [3.8, 4) is 35.5 Å². The third-order valence-electron chi connectivity index (χ3n) is 0.438. The lowest BCUT2D eigenvalue weighted by Gasteiger charge is -1.52. The first kappa shape index (κ1) is 10.6. The molecule has 0 heteroatoms. The molecular weight excluding hydrogens is 108 g/mol. The van der Waals surface area contributed by atoms with Crippen LogP contribution >= 0.6 is 0 Å². The highest BCUT2D eigenvalue weighted by molar-refractivity contribution is 5.34. The van der Waals surface area contributed by atoms with Crippen molar-refractivity contribution >= 4 is 0 Å². The van der Waals surface area contributed by atoms with Crippen molar-refractivity contribution < 1.29 is 0 Å². The minimum atomic E-state index is 0. The Morgan fingerprint density at radius 2 is 1.00 bits per heavy atom. The van der Waals surface area contributed by atoms with Gasteiger partial charge in [0.1, 0.15) is 0 Å². The van der Waals surface area contributed by atoms with Crippen LogP contribution in [-0.2, 0) is 0 Å². The SMILES string of the molecule is C.CC#CC#CC#CC. The summed E-state index contributed by atoms with van der Waals surface area (Å²) in [6, 6.07) is 0. The van der Waals surface area contributed by atoms with E-state index in [1.165, 1.54) is 0 Å². The Kier molecular flexibility index (Phi) is 11.6. The molecule has 0 aliphatic heterocycles. The largest absolute Gasteiger partial charge is 0.0925 e. The van der Waals surface area contributed by atoms with Crippen LogP contribution in [-0.4, -0.2) is 0 Å². The maximum Gasteiger partial charge on any atom is -0.00108 e. The van der Waals surface area contributed by atoms with Crippen molar-refractivity contribution in [2.75, 3.05) is 0 Å². The summed E-state index contributed by atoms with van der Waals surface area (Å²) in [6.45, 7) is 3.49. The highest BCUT2D eigenvalue weighted by Crippen LogP contribution is 1.51. The number of hydrogen-bond donors (Lipinski definition) is 0. The fourth-order valence-corrected chi connectivity index (χ4v) is 0.188. The molecule has 0 amide bonds. The summed E-state index contributed by atoms with van der Waals surface area (Å²) in [6.07, 6.45) is 0. The molecule has 0 nitrogen and oxygen atoms in total. The quantitative estimate of drug-likeness (QED) is 0.424. The first-order valence-electron chi connectivity index (χ1n) is 2.25. The van der Waals surface area contributed by atoms with Crippen LogP contribution in [0.4, 0.5) is 0 Å². The van der Waals surface area contributed by atoms with Gasteiger partial charge in [-0.2, -0.15) is 0 Å². The van der Waals surface area contributed by atoms with Crippen LogP contribution in [0, 0.1) is 35.5 Å². The lowest BCUT2D eigenvalue weighted by Crippen LogP contribution is -1.48. The molecule has 0 aromatic rings. The predicted octanol–water partition coefficient (Wildman–Crippen LogP) is 1.67. The van der Waals surface area contributed by atoms with Crippen LogP contribution < -0.4 is 0 Å². The van der Waals surface area contributed by atoms with Crippen LogP contribution in [0.15, 0.2) is 0 Å². The predicted molar refractivity (Wildman–Crippen MR) is 41.4 cm³/mol. The smallest absolute Gasteiger partial charge is 0.00108 e. The Morgan fingerprint density at radius 3 is 1.22 bits per heavy atom. The van der Waals surface area contributed by atoms with Gasteiger partial charge in [0.25, 0.3) is 0 Å². The molecule has 0 fully saturated rings. The Hall–Kier alpha value is -1.32. The van der Waals surface area contributed by atoms with Crippen molar-refractivity contribution in [3.05, 3.63) is 0 Å². The molecular formula is C9H10. The molecule has 0 unspecified atom stereocenters. The highest BCUT2D eigenvalue weighted by atomic mass is 13.5. The average molecular weight is 118 g/mol. The van der Waals surface area contributed by atoms with E-state index in [0.29, 0.717) is 0 Å². The van der Waals surface area contributed by atoms with Gasteiger partial charge in [-0.05, 0) is 37.5 Å². The van der Waals surface area contributed by atoms with E-state index >= 15 is 0 Å². The molecule has 0 radical (unpaired) electrons. The molecule has 0 spiro atoms. The van der Waals surface area contributed by atoms with Gasteiger partial charge in [-0.1, -0.05) is 19.3 Å². The molecule has 9 heavy (non-hydrogen) atoms. The summed E-state index contributed by atoms with van der Waals surface area (Å²) in [5.41, 5.74) is 0. The fraction of sp³-hybridized carbons (Fsp3) is 0.333. The Bertz CT molecular complexity index is 190. The van der Waals surface area contributed by atoms with Crippen LogP contribution in [0.5, 0.6) is 0 Å². The molecule has 0 saturated heterocycles. The minimum Gasteiger partial charge on any atom is -0.0925 e. The van der Waals surface area contributed by atoms with Gasteiger partial charge in [-0.3, -0.25) is 0 Å². The van der Waals surface area contributed by atoms with E-state index in [-0.39, 0.29) is 7.43 Å². The normalized spacial score (nSPS) is 3.33. The second-order valence-corrected chi connectivity index (χ2v) is 1.00. The monoisotopic (exact) mass is 118 g/mol. The van der Waals surface area contributed by atoms with Crippen molar-refractivity contribution in [2.45, 2.75) is 21.3 Å². The summed E-state index contributed by atoms with van der Waals surface area (Å²) in [5, 5.41) is 0. The van der Waals surface area contributed by atoms with Gasteiger partial charge in [0.15, 0.2) is 0 Å². The van der Waals surface area contributed by atoms with Gasteiger partial charge < -0.3 is 0 Å². The van der Waals surface area contributed by atoms with E-state index in [0.717, 1.165) is 0 Å². The van der Waals surface area contributed by atoms with E-state index in [1.54, 1.807) is 13.8 Å². The third-order valence-corrected chi connectivity index (χ3v) is 0.438. The average Bonchev–Trinajstić information content (AvgIpc) is 1.81. The van der Waals surface area contributed by atoms with E-state index in [4.69, 9.17) is 0 Å². The first-order valence-corrected chi connectivity index (χ1v) is 2.25. The maximum absolute atomic E-state index is 2.64. The fourth-order valence-electron chi connectivity index (χ4n) is 0.188. The Balaban J connectivity index is 0. The zero-order valence-electron chi connectivity index (χ0n) is 5.00. The van der Waals surface area contributed by atoms with Gasteiger partial charge in [-0.15, -0.1) is 0 Å². The molecule has 0 N–H and O–H groups in total. The van der Waals surface area contributed by atoms with Crippen molar-refractivity contribution in [1.29, 1.82) is 0 Å². The molecule has 0 saturated carbocycles. The molecule has 0 aliphatic carbocycles. The summed E-state index contributed by atoms with van der Waals surface area (Å²) >= 11 is 0. The molecule has 0 aromatic heterocycles. The summed E-state index contributed by atoms with van der Waals surface area (Å²) < 4.78 is 0. The van der Waals surface area contributed by atoms with Gasteiger partial charge in [0, 0.05) is 0 Å². The van der Waals surface area contributed by atoms with Gasteiger partial charge in [0.05, 0.1) is 0 Å². The van der Waals surface area contributed by atoms with Crippen molar-refractivity contribution in [2.24, 2.45) is 0 Å². The highest BCUT2D eigenvalue weighted by Gasteiger charge is 1.48. The topological polar surface area (TPSA) is 0 Å². The van der Waals surface area contributed by atoms with Crippen molar-refractivity contribution in [3.63, 3.8) is 0 Å². The second kappa shape index (κ2) is 9.84. The molecule has 0 rings (SSSR count). The standard InChI is InChI=1S/C8H6.CH4/c1-3-5-7-8-6-4-2;/h1-2H3;1H4. The summed E-state index contributed by atoms with van der Waals surface area (Å²) in [7, 11) is 0. The van der Waals surface area contributed by atoms with E-state index in [2.05, 4.69) is 35.5 Å². The van der Waals surface area contributed by atoms with Gasteiger partial charge in [-0.25, -0.2) is 0 Å². The van der Waals surface area contributed by atoms with Crippen molar-refractivity contribution in [1.82, 2.24) is 0 Å². The van der Waals surface area contributed by atoms with Crippen LogP contribution in [0.3, 0.4) is 0 Å². The maximum atomic E-state index is 2.64. The minimum absolute atomic E-state index is 0. The van der Waals surface area contributed by atoms with Crippen LogP contribution in [0.1, 0.15) is 21.3 Å². The molecule has 0 aromatic carbocycles. The van der Waals surface area contributed by atoms with Gasteiger partial charge in [0.2, 0.25) is 0 Å². The lowest BCUT2D eigenvalue weighted by molar-refractivity contribution is 1.92. The van der Waals surface area contributed by atoms with Crippen LogP contribution in [0.2, 0.25) is 0 Å². The molecule has 0 heterocycles. The Labute approximate surface area is 57.7 Å². The first-order chi connectivity index (χ1) is 3.91. The van der Waals surface area contributed by atoms with E-state index in [1.807, 2.05) is 0 Å². The molecule has 0 bridgehead atoms. The lowest BCUT2D eigenvalue weighted by atomic mass is 10.5. The summed E-state index contributed by atoms with van der Waals surface area (Å²) in [5.74, 6) is 15.5. The van der Waals surface area contributed by atoms with Crippen LogP contribution in [0.25, 0.3) is 0 Å². The second-order valence-electron chi connectivity index (χ2n) is 1.00. The third kappa shape index (κ3) is 10.8. The molecule has 0 atom stereocenters. The number of rotatable bonds is 0. The molecule has 46 valence electrons. The zero-order valence-corrected chi connectivity index (χ0v) is 5.00.